The van der Waals surface area contributed by atoms with E-state index in [1.54, 1.807) is 20.4 Å². The lowest BCUT2D eigenvalue weighted by atomic mass is 10.1. The molecule has 0 amide bonds. The second-order valence-electron chi connectivity index (χ2n) is 4.17. The van der Waals surface area contributed by atoms with E-state index in [-0.39, 0.29) is 0 Å². The average molecular weight is 334 g/mol. The molecule has 3 rings (SSSR count). The zero-order chi connectivity index (χ0) is 14.1. The molecule has 0 unspecified atom stereocenters. The Balaban J connectivity index is 2.14. The van der Waals surface area contributed by atoms with Crippen LogP contribution in [-0.2, 0) is 0 Å². The topological polar surface area (TPSA) is 48.7 Å². The lowest BCUT2D eigenvalue weighted by molar-refractivity contribution is 0.395. The molecule has 1 aromatic carbocycles. The highest BCUT2D eigenvalue weighted by Gasteiger charge is 2.11. The van der Waals surface area contributed by atoms with Crippen LogP contribution in [0.2, 0.25) is 0 Å². The monoisotopic (exact) mass is 333 g/mol. The average Bonchev–Trinajstić information content (AvgIpc) is 2.89. The van der Waals surface area contributed by atoms with E-state index in [1.165, 1.54) is 0 Å². The van der Waals surface area contributed by atoms with E-state index in [9.17, 15) is 0 Å². The molecule has 6 heteroatoms. The quantitative estimate of drug-likeness (QED) is 0.738. The predicted octanol–water partition coefficient (Wildman–Crippen LogP) is 3.18. The summed E-state index contributed by atoms with van der Waals surface area (Å²) in [5, 5.41) is 0. The number of hydrogen-bond donors (Lipinski definition) is 0. The first-order valence-electron chi connectivity index (χ1n) is 5.94. The Labute approximate surface area is 124 Å². The van der Waals surface area contributed by atoms with Gasteiger partial charge in [0.1, 0.15) is 11.5 Å². The van der Waals surface area contributed by atoms with Gasteiger partial charge in [0.2, 0.25) is 5.78 Å². The summed E-state index contributed by atoms with van der Waals surface area (Å²) in [6.45, 7) is 0. The van der Waals surface area contributed by atoms with Gasteiger partial charge in [-0.1, -0.05) is 0 Å². The second kappa shape index (κ2) is 5.13. The summed E-state index contributed by atoms with van der Waals surface area (Å²) in [5.74, 6) is 2.10. The lowest BCUT2D eigenvalue weighted by Gasteiger charge is -2.08. The molecule has 0 saturated heterocycles. The fourth-order valence-electron chi connectivity index (χ4n) is 2.00. The molecule has 102 valence electrons. The van der Waals surface area contributed by atoms with Crippen LogP contribution >= 0.6 is 15.9 Å². The summed E-state index contributed by atoms with van der Waals surface area (Å²) in [6, 6.07) is 5.64. The molecule has 0 bridgehead atoms. The van der Waals surface area contributed by atoms with Crippen LogP contribution < -0.4 is 9.47 Å². The highest BCUT2D eigenvalue weighted by atomic mass is 79.9. The molecule has 0 radical (unpaired) electrons. The Morgan fingerprint density at radius 1 is 1.15 bits per heavy atom. The van der Waals surface area contributed by atoms with E-state index < -0.39 is 0 Å². The number of halogens is 1. The summed E-state index contributed by atoms with van der Waals surface area (Å²) in [4.78, 5) is 8.75. The van der Waals surface area contributed by atoms with Crippen molar-refractivity contribution in [1.82, 2.24) is 14.4 Å². The maximum absolute atomic E-state index is 5.40. The van der Waals surface area contributed by atoms with E-state index >= 15 is 0 Å². The predicted molar refractivity (Wildman–Crippen MR) is 79.2 cm³/mol. The minimum atomic E-state index is 0.640. The first kappa shape index (κ1) is 12.9. The third kappa shape index (κ3) is 2.22. The van der Waals surface area contributed by atoms with Gasteiger partial charge in [-0.25, -0.2) is 9.97 Å². The molecule has 3 aromatic rings. The fraction of sp³-hybridized carbons (Fsp3) is 0.143. The van der Waals surface area contributed by atoms with E-state index in [2.05, 4.69) is 25.9 Å². The molecule has 0 aliphatic rings. The van der Waals surface area contributed by atoms with Crippen molar-refractivity contribution in [3.63, 3.8) is 0 Å². The number of methoxy groups -OCH3 is 2. The smallest absolute Gasteiger partial charge is 0.234 e. The molecular weight excluding hydrogens is 322 g/mol. The molecule has 0 atom stereocenters. The zero-order valence-corrected chi connectivity index (χ0v) is 12.6. The van der Waals surface area contributed by atoms with Crippen LogP contribution in [0.1, 0.15) is 0 Å². The molecule has 0 fully saturated rings. The van der Waals surface area contributed by atoms with Crippen LogP contribution in [0.4, 0.5) is 0 Å². The van der Waals surface area contributed by atoms with Gasteiger partial charge in [0.05, 0.1) is 24.4 Å². The molecule has 0 spiro atoms. The van der Waals surface area contributed by atoms with Crippen molar-refractivity contribution in [2.24, 2.45) is 0 Å². The van der Waals surface area contributed by atoms with Gasteiger partial charge in [0.25, 0.3) is 0 Å². The van der Waals surface area contributed by atoms with Crippen molar-refractivity contribution in [3.8, 4) is 22.8 Å². The molecule has 5 nitrogen and oxygen atoms in total. The van der Waals surface area contributed by atoms with Gasteiger partial charge in [-0.3, -0.25) is 4.40 Å². The number of aromatic nitrogens is 3. The van der Waals surface area contributed by atoms with Gasteiger partial charge in [0, 0.05) is 30.2 Å². The van der Waals surface area contributed by atoms with Gasteiger partial charge >= 0.3 is 0 Å². The zero-order valence-electron chi connectivity index (χ0n) is 11.0. The first-order valence-corrected chi connectivity index (χ1v) is 6.73. The minimum Gasteiger partial charge on any atom is -0.497 e. The number of fused-ring (bicyclic) bond motifs is 1. The third-order valence-electron chi connectivity index (χ3n) is 2.96. The van der Waals surface area contributed by atoms with Crippen LogP contribution in [0.25, 0.3) is 17.0 Å². The van der Waals surface area contributed by atoms with Crippen molar-refractivity contribution in [1.29, 1.82) is 0 Å². The SMILES string of the molecule is COc1ccc(-c2cn3cc(Br)cnc3n2)c(OC)c1. The Bertz CT molecular complexity index is 770. The van der Waals surface area contributed by atoms with E-state index in [4.69, 9.17) is 9.47 Å². The van der Waals surface area contributed by atoms with Crippen LogP contribution in [0.3, 0.4) is 0 Å². The Hall–Kier alpha value is -2.08. The van der Waals surface area contributed by atoms with Gasteiger partial charge in [-0.15, -0.1) is 0 Å². The summed E-state index contributed by atoms with van der Waals surface area (Å²) in [7, 11) is 3.25. The number of ether oxygens (including phenoxy) is 2. The minimum absolute atomic E-state index is 0.640. The van der Waals surface area contributed by atoms with Crippen molar-refractivity contribution in [3.05, 3.63) is 41.3 Å². The highest BCUT2D eigenvalue weighted by molar-refractivity contribution is 9.10. The fourth-order valence-corrected chi connectivity index (χ4v) is 2.32. The Morgan fingerprint density at radius 2 is 2.00 bits per heavy atom. The molecule has 2 aromatic heterocycles. The molecule has 0 aliphatic carbocycles. The van der Waals surface area contributed by atoms with Gasteiger partial charge in [0.15, 0.2) is 0 Å². The highest BCUT2D eigenvalue weighted by Crippen LogP contribution is 2.32. The molecule has 2 heterocycles. The summed E-state index contributed by atoms with van der Waals surface area (Å²) >= 11 is 3.39. The summed E-state index contributed by atoms with van der Waals surface area (Å²) < 4.78 is 13.4. The molecular formula is C14H12BrN3O2. The number of benzene rings is 1. The van der Waals surface area contributed by atoms with Crippen molar-refractivity contribution >= 4 is 21.7 Å². The number of hydrogen-bond acceptors (Lipinski definition) is 4. The van der Waals surface area contributed by atoms with Gasteiger partial charge in [-0.05, 0) is 28.1 Å². The third-order valence-corrected chi connectivity index (χ3v) is 3.37. The maximum atomic E-state index is 5.40. The normalized spacial score (nSPS) is 10.8. The number of rotatable bonds is 3. The number of nitrogens with zero attached hydrogens (tertiary/aromatic N) is 3. The number of imidazole rings is 1. The summed E-state index contributed by atoms with van der Waals surface area (Å²) in [6.07, 6.45) is 5.55. The van der Waals surface area contributed by atoms with Crippen LogP contribution in [-0.4, -0.2) is 28.6 Å². The van der Waals surface area contributed by atoms with Crippen LogP contribution in [0.5, 0.6) is 11.5 Å². The van der Waals surface area contributed by atoms with Gasteiger partial charge < -0.3 is 9.47 Å². The standard InChI is InChI=1S/C14H12BrN3O2/c1-19-10-3-4-11(13(5-10)20-2)12-8-18-7-9(15)6-16-14(18)17-12/h3-8H,1-2H3. The van der Waals surface area contributed by atoms with Crippen LogP contribution in [0.15, 0.2) is 41.3 Å². The van der Waals surface area contributed by atoms with Gasteiger partial charge in [-0.2, -0.15) is 0 Å². The second-order valence-corrected chi connectivity index (χ2v) is 5.09. The molecule has 0 saturated carbocycles. The first-order chi connectivity index (χ1) is 9.71. The maximum Gasteiger partial charge on any atom is 0.234 e. The molecule has 0 aliphatic heterocycles. The Morgan fingerprint density at radius 3 is 2.75 bits per heavy atom. The lowest BCUT2D eigenvalue weighted by Crippen LogP contribution is -1.90. The van der Waals surface area contributed by atoms with Crippen molar-refractivity contribution in [2.75, 3.05) is 14.2 Å². The van der Waals surface area contributed by atoms with E-state index in [0.717, 1.165) is 21.5 Å². The summed E-state index contributed by atoms with van der Waals surface area (Å²) in [5.41, 5.74) is 1.70. The van der Waals surface area contributed by atoms with E-state index in [1.807, 2.05) is 35.0 Å². The van der Waals surface area contributed by atoms with Crippen molar-refractivity contribution in [2.45, 2.75) is 0 Å². The van der Waals surface area contributed by atoms with E-state index in [0.29, 0.717) is 11.5 Å². The molecule has 0 N–H and O–H groups in total. The van der Waals surface area contributed by atoms with Crippen molar-refractivity contribution < 1.29 is 9.47 Å². The Kier molecular flexibility index (Phi) is 3.31. The largest absolute Gasteiger partial charge is 0.497 e. The molecule has 20 heavy (non-hydrogen) atoms. The van der Waals surface area contributed by atoms with Crippen LogP contribution in [0, 0.1) is 0 Å².